The van der Waals surface area contributed by atoms with Crippen LogP contribution in [-0.4, -0.2) is 37.7 Å². The first-order valence-corrected chi connectivity index (χ1v) is 11.3. The van der Waals surface area contributed by atoms with Gasteiger partial charge in [0.1, 0.15) is 22.5 Å². The molecule has 9 heteroatoms. The molecular formula is C27H25N3O6. The highest BCUT2D eigenvalue weighted by atomic mass is 16.5. The molecule has 2 aromatic carbocycles. The number of likely N-dealkylation sites (N-methyl/N-ethyl adjacent to an activating group) is 1. The van der Waals surface area contributed by atoms with E-state index in [2.05, 4.69) is 0 Å². The van der Waals surface area contributed by atoms with E-state index in [0.29, 0.717) is 22.7 Å². The van der Waals surface area contributed by atoms with E-state index in [-0.39, 0.29) is 29.3 Å². The number of methoxy groups -OCH3 is 2. The lowest BCUT2D eigenvalue weighted by molar-refractivity contribution is -0.138. The Kier molecular flexibility index (Phi) is 5.35. The first-order chi connectivity index (χ1) is 17.3. The number of hydrogen-bond donors (Lipinski definition) is 1. The number of rotatable bonds is 4. The highest BCUT2D eigenvalue weighted by Crippen LogP contribution is 2.54. The van der Waals surface area contributed by atoms with E-state index in [9.17, 15) is 14.4 Å². The molecule has 184 valence electrons. The van der Waals surface area contributed by atoms with Gasteiger partial charge in [-0.3, -0.25) is 9.59 Å². The number of aryl methyl sites for hydroxylation is 1. The molecule has 0 radical (unpaired) electrons. The lowest BCUT2D eigenvalue weighted by Crippen LogP contribution is -2.51. The third-order valence-electron chi connectivity index (χ3n) is 6.89. The van der Waals surface area contributed by atoms with Crippen LogP contribution >= 0.6 is 0 Å². The minimum absolute atomic E-state index is 0.0133. The van der Waals surface area contributed by atoms with Crippen LogP contribution in [0.4, 0.5) is 5.69 Å². The van der Waals surface area contributed by atoms with Crippen molar-refractivity contribution in [1.82, 2.24) is 4.57 Å². The van der Waals surface area contributed by atoms with E-state index < -0.39 is 22.9 Å². The summed E-state index contributed by atoms with van der Waals surface area (Å²) in [6.45, 7) is 1.94. The summed E-state index contributed by atoms with van der Waals surface area (Å²) in [7, 11) is 4.35. The molecule has 9 nitrogen and oxygen atoms in total. The lowest BCUT2D eigenvalue weighted by atomic mass is 9.68. The number of carbonyl (C=O) groups is 2. The van der Waals surface area contributed by atoms with Gasteiger partial charge in [-0.15, -0.1) is 0 Å². The van der Waals surface area contributed by atoms with Gasteiger partial charge < -0.3 is 29.4 Å². The maximum atomic E-state index is 14.3. The molecule has 1 amide bonds. The maximum absolute atomic E-state index is 14.3. The van der Waals surface area contributed by atoms with E-state index in [1.807, 2.05) is 24.3 Å². The van der Waals surface area contributed by atoms with Gasteiger partial charge in [-0.1, -0.05) is 36.4 Å². The van der Waals surface area contributed by atoms with Gasteiger partial charge in [0, 0.05) is 35.6 Å². The van der Waals surface area contributed by atoms with Gasteiger partial charge in [-0.2, -0.15) is 0 Å². The summed E-state index contributed by atoms with van der Waals surface area (Å²) < 4.78 is 17.8. The number of nitrogens with two attached hydrogens (primary N) is 1. The van der Waals surface area contributed by atoms with Crippen LogP contribution in [0.1, 0.15) is 22.4 Å². The van der Waals surface area contributed by atoms with E-state index in [1.165, 1.54) is 16.6 Å². The summed E-state index contributed by atoms with van der Waals surface area (Å²) in [5.74, 6) is -0.894. The van der Waals surface area contributed by atoms with Crippen molar-refractivity contribution in [3.63, 3.8) is 0 Å². The zero-order valence-corrected chi connectivity index (χ0v) is 20.3. The van der Waals surface area contributed by atoms with Crippen molar-refractivity contribution >= 4 is 17.6 Å². The van der Waals surface area contributed by atoms with Crippen LogP contribution < -0.4 is 25.7 Å². The Morgan fingerprint density at radius 2 is 1.78 bits per heavy atom. The number of nitrogens with zero attached hydrogens (tertiary/aromatic N) is 2. The highest BCUT2D eigenvalue weighted by molar-refractivity contribution is 6.18. The molecule has 0 aliphatic carbocycles. The molecule has 1 unspecified atom stereocenters. The molecule has 3 heterocycles. The topological polar surface area (TPSA) is 113 Å². The van der Waals surface area contributed by atoms with Crippen LogP contribution in [0.25, 0.3) is 0 Å². The fourth-order valence-corrected chi connectivity index (χ4v) is 5.24. The monoisotopic (exact) mass is 487 g/mol. The van der Waals surface area contributed by atoms with Crippen LogP contribution in [0, 0.1) is 6.92 Å². The predicted molar refractivity (Wildman–Crippen MR) is 132 cm³/mol. The van der Waals surface area contributed by atoms with Crippen molar-refractivity contribution in [3.8, 4) is 11.5 Å². The third-order valence-corrected chi connectivity index (χ3v) is 6.89. The zero-order chi connectivity index (χ0) is 25.8. The van der Waals surface area contributed by atoms with Crippen LogP contribution in [0.5, 0.6) is 11.5 Å². The second-order valence-electron chi connectivity index (χ2n) is 8.69. The van der Waals surface area contributed by atoms with Crippen molar-refractivity contribution in [1.29, 1.82) is 0 Å². The fourth-order valence-electron chi connectivity index (χ4n) is 5.24. The van der Waals surface area contributed by atoms with E-state index in [1.54, 1.807) is 51.4 Å². The number of hydrogen-bond acceptors (Lipinski definition) is 7. The number of ether oxygens (including phenoxy) is 3. The van der Waals surface area contributed by atoms with E-state index in [4.69, 9.17) is 19.9 Å². The number of esters is 1. The number of benzene rings is 2. The maximum Gasteiger partial charge on any atom is 0.340 e. The number of pyridine rings is 1. The first kappa shape index (κ1) is 23.2. The van der Waals surface area contributed by atoms with Gasteiger partial charge in [0.15, 0.2) is 0 Å². The number of anilines is 1. The van der Waals surface area contributed by atoms with Crippen LogP contribution in [-0.2, 0) is 26.3 Å². The Morgan fingerprint density at radius 1 is 1.08 bits per heavy atom. The minimum atomic E-state index is -1.83. The second kappa shape index (κ2) is 8.30. The summed E-state index contributed by atoms with van der Waals surface area (Å²) in [5.41, 5.74) is 6.10. The van der Waals surface area contributed by atoms with Gasteiger partial charge in [-0.25, -0.2) is 4.79 Å². The standard InChI is InChI=1S/C27H25N3O6/c1-15-13-20-21(24(31)30(15)14-16-9-5-8-12-19(16)34-3)27(22(23(28)36-20)25(32)35-4)17-10-6-7-11-18(17)29(2)26(27)33/h5-13H,14,28H2,1-4H3. The Morgan fingerprint density at radius 3 is 2.50 bits per heavy atom. The minimum Gasteiger partial charge on any atom is -0.496 e. The lowest BCUT2D eigenvalue weighted by Gasteiger charge is -2.35. The number of aromatic nitrogens is 1. The van der Waals surface area contributed by atoms with E-state index in [0.717, 1.165) is 5.56 Å². The second-order valence-corrected chi connectivity index (χ2v) is 8.69. The fraction of sp³-hybridized carbons (Fsp3) is 0.222. The number of fused-ring (bicyclic) bond motifs is 4. The molecule has 0 saturated carbocycles. The summed E-state index contributed by atoms with van der Waals surface area (Å²) in [6, 6.07) is 16.0. The average Bonchev–Trinajstić information content (AvgIpc) is 3.09. The first-order valence-electron chi connectivity index (χ1n) is 11.3. The molecule has 0 bridgehead atoms. The Balaban J connectivity index is 1.86. The van der Waals surface area contributed by atoms with Gasteiger partial charge in [0.25, 0.3) is 5.56 Å². The number of para-hydroxylation sites is 2. The summed E-state index contributed by atoms with van der Waals surface area (Å²) in [5, 5.41) is 0. The van der Waals surface area contributed by atoms with Crippen molar-refractivity contribution in [2.45, 2.75) is 18.9 Å². The Hall–Kier alpha value is -4.53. The van der Waals surface area contributed by atoms with Crippen molar-refractivity contribution < 1.29 is 23.8 Å². The molecule has 5 rings (SSSR count). The Labute approximate surface area is 207 Å². The summed E-state index contributed by atoms with van der Waals surface area (Å²) >= 11 is 0. The largest absolute Gasteiger partial charge is 0.496 e. The molecule has 1 aromatic heterocycles. The molecule has 0 saturated heterocycles. The molecule has 2 aliphatic heterocycles. The van der Waals surface area contributed by atoms with Crippen LogP contribution in [0.2, 0.25) is 0 Å². The number of amides is 1. The van der Waals surface area contributed by atoms with Crippen LogP contribution in [0.3, 0.4) is 0 Å². The molecule has 2 N–H and O–H groups in total. The van der Waals surface area contributed by atoms with Crippen molar-refractivity contribution in [3.05, 3.63) is 98.8 Å². The van der Waals surface area contributed by atoms with Gasteiger partial charge >= 0.3 is 5.97 Å². The predicted octanol–water partition coefficient (Wildman–Crippen LogP) is 2.21. The molecule has 0 fully saturated rings. The zero-order valence-electron chi connectivity index (χ0n) is 20.3. The molecule has 1 spiro atoms. The summed E-state index contributed by atoms with van der Waals surface area (Å²) in [4.78, 5) is 42.9. The molecular weight excluding hydrogens is 462 g/mol. The van der Waals surface area contributed by atoms with Crippen molar-refractivity contribution in [2.24, 2.45) is 5.73 Å². The van der Waals surface area contributed by atoms with E-state index >= 15 is 0 Å². The Bertz CT molecular complexity index is 1520. The molecule has 3 aromatic rings. The van der Waals surface area contributed by atoms with Crippen LogP contribution in [0.15, 0.2) is 70.8 Å². The highest BCUT2D eigenvalue weighted by Gasteiger charge is 2.61. The number of carbonyl (C=O) groups excluding carboxylic acids is 2. The van der Waals surface area contributed by atoms with Gasteiger partial charge in [0.2, 0.25) is 11.8 Å². The molecule has 1 atom stereocenters. The van der Waals surface area contributed by atoms with Gasteiger partial charge in [0.05, 0.1) is 26.3 Å². The smallest absolute Gasteiger partial charge is 0.340 e. The van der Waals surface area contributed by atoms with Crippen molar-refractivity contribution in [2.75, 3.05) is 26.2 Å². The quantitative estimate of drug-likeness (QED) is 0.562. The van der Waals surface area contributed by atoms with Gasteiger partial charge in [-0.05, 0) is 19.1 Å². The SMILES string of the molecule is COC(=O)C1=C(N)Oc2cc(C)n(Cc3ccccc3OC)c(=O)c2C12C(=O)N(C)c1ccccc12. The molecule has 36 heavy (non-hydrogen) atoms. The third kappa shape index (κ3) is 2.98. The molecule has 2 aliphatic rings. The normalized spacial score (nSPS) is 18.1. The average molecular weight is 488 g/mol. The summed E-state index contributed by atoms with van der Waals surface area (Å²) in [6.07, 6.45) is 0.